The van der Waals surface area contributed by atoms with Crippen LogP contribution in [0.25, 0.3) is 0 Å². The molecule has 60 valence electrons. The molecule has 0 amide bonds. The lowest BCUT2D eigenvalue weighted by atomic mass is 9.86. The van der Waals surface area contributed by atoms with Gasteiger partial charge in [0.1, 0.15) is 0 Å². The highest BCUT2D eigenvalue weighted by molar-refractivity contribution is 5.12. The van der Waals surface area contributed by atoms with Crippen molar-refractivity contribution in [2.45, 2.75) is 12.8 Å². The van der Waals surface area contributed by atoms with Crippen molar-refractivity contribution in [2.75, 3.05) is 13.1 Å². The molecular weight excluding hydrogens is 134 g/mol. The average Bonchev–Trinajstić information content (AvgIpc) is 2.58. The second-order valence-corrected chi connectivity index (χ2v) is 3.47. The van der Waals surface area contributed by atoms with E-state index < -0.39 is 0 Å². The molecule has 2 aliphatic rings. The molecule has 11 heavy (non-hydrogen) atoms. The van der Waals surface area contributed by atoms with Crippen LogP contribution in [0.4, 0.5) is 0 Å². The second kappa shape index (κ2) is 3.22. The standard InChI is InChI=1S/C10H15N/c1-2-4-9(5-3-1)10-6-7-11-8-10/h1-4,9-11H,5-8H2. The molecule has 1 heteroatoms. The summed E-state index contributed by atoms with van der Waals surface area (Å²) in [5, 5.41) is 3.41. The molecule has 1 N–H and O–H groups in total. The summed E-state index contributed by atoms with van der Waals surface area (Å²) in [4.78, 5) is 0. The van der Waals surface area contributed by atoms with Crippen LogP contribution in [-0.2, 0) is 0 Å². The van der Waals surface area contributed by atoms with Gasteiger partial charge in [-0.05, 0) is 37.8 Å². The fraction of sp³-hybridized carbons (Fsp3) is 0.600. The van der Waals surface area contributed by atoms with Crippen molar-refractivity contribution >= 4 is 0 Å². The summed E-state index contributed by atoms with van der Waals surface area (Å²) in [7, 11) is 0. The molecule has 1 aliphatic heterocycles. The van der Waals surface area contributed by atoms with Gasteiger partial charge < -0.3 is 5.32 Å². The third-order valence-electron chi connectivity index (χ3n) is 2.72. The fourth-order valence-electron chi connectivity index (χ4n) is 1.99. The van der Waals surface area contributed by atoms with Crippen molar-refractivity contribution in [3.05, 3.63) is 24.3 Å². The molecule has 0 aromatic rings. The Balaban J connectivity index is 1.94. The molecule has 0 bridgehead atoms. The van der Waals surface area contributed by atoms with E-state index in [1.54, 1.807) is 0 Å². The summed E-state index contributed by atoms with van der Waals surface area (Å²) < 4.78 is 0. The Morgan fingerprint density at radius 3 is 2.91 bits per heavy atom. The van der Waals surface area contributed by atoms with E-state index in [9.17, 15) is 0 Å². The number of hydrogen-bond donors (Lipinski definition) is 1. The van der Waals surface area contributed by atoms with Gasteiger partial charge in [0.15, 0.2) is 0 Å². The largest absolute Gasteiger partial charge is 0.316 e. The normalized spacial score (nSPS) is 36.4. The smallest absolute Gasteiger partial charge is 0.00143 e. The van der Waals surface area contributed by atoms with E-state index >= 15 is 0 Å². The van der Waals surface area contributed by atoms with Crippen LogP contribution < -0.4 is 5.32 Å². The zero-order valence-corrected chi connectivity index (χ0v) is 6.79. The molecule has 0 aromatic heterocycles. The lowest BCUT2D eigenvalue weighted by molar-refractivity contribution is 0.429. The minimum Gasteiger partial charge on any atom is -0.316 e. The average molecular weight is 149 g/mol. The Hall–Kier alpha value is -0.560. The predicted molar refractivity (Wildman–Crippen MR) is 47.4 cm³/mol. The van der Waals surface area contributed by atoms with Crippen molar-refractivity contribution in [3.63, 3.8) is 0 Å². The summed E-state index contributed by atoms with van der Waals surface area (Å²) in [5.74, 6) is 1.71. The predicted octanol–water partition coefficient (Wildman–Crippen LogP) is 1.73. The molecule has 1 aliphatic carbocycles. The maximum atomic E-state index is 3.41. The van der Waals surface area contributed by atoms with Gasteiger partial charge in [-0.1, -0.05) is 24.3 Å². The molecule has 1 fully saturated rings. The molecule has 0 radical (unpaired) electrons. The highest BCUT2D eigenvalue weighted by Gasteiger charge is 2.22. The van der Waals surface area contributed by atoms with Crippen molar-refractivity contribution < 1.29 is 0 Å². The van der Waals surface area contributed by atoms with Gasteiger partial charge in [-0.15, -0.1) is 0 Å². The number of hydrogen-bond acceptors (Lipinski definition) is 1. The Morgan fingerprint density at radius 2 is 2.27 bits per heavy atom. The van der Waals surface area contributed by atoms with E-state index in [-0.39, 0.29) is 0 Å². The van der Waals surface area contributed by atoms with Crippen LogP contribution in [0.2, 0.25) is 0 Å². The van der Waals surface area contributed by atoms with Crippen LogP contribution in [0.15, 0.2) is 24.3 Å². The summed E-state index contributed by atoms with van der Waals surface area (Å²) in [6.45, 7) is 2.45. The van der Waals surface area contributed by atoms with Gasteiger partial charge in [-0.3, -0.25) is 0 Å². The number of rotatable bonds is 1. The zero-order valence-electron chi connectivity index (χ0n) is 6.79. The van der Waals surface area contributed by atoms with Crippen molar-refractivity contribution in [3.8, 4) is 0 Å². The van der Waals surface area contributed by atoms with Gasteiger partial charge in [0.2, 0.25) is 0 Å². The molecule has 0 aromatic carbocycles. The summed E-state index contributed by atoms with van der Waals surface area (Å²) in [6, 6.07) is 0. The van der Waals surface area contributed by atoms with Crippen molar-refractivity contribution in [2.24, 2.45) is 11.8 Å². The van der Waals surface area contributed by atoms with Crippen LogP contribution in [-0.4, -0.2) is 13.1 Å². The van der Waals surface area contributed by atoms with Crippen molar-refractivity contribution in [1.82, 2.24) is 5.32 Å². The Kier molecular flexibility index (Phi) is 2.08. The highest BCUT2D eigenvalue weighted by Crippen LogP contribution is 2.25. The third kappa shape index (κ3) is 1.54. The number of allylic oxidation sites excluding steroid dienone is 4. The Bertz CT molecular complexity index is 175. The van der Waals surface area contributed by atoms with E-state index in [1.807, 2.05) is 0 Å². The topological polar surface area (TPSA) is 12.0 Å². The summed E-state index contributed by atoms with van der Waals surface area (Å²) in [5.41, 5.74) is 0. The molecule has 2 rings (SSSR count). The van der Waals surface area contributed by atoms with E-state index in [0.717, 1.165) is 11.8 Å². The van der Waals surface area contributed by atoms with Crippen LogP contribution in [0.3, 0.4) is 0 Å². The molecular formula is C10H15N. The maximum Gasteiger partial charge on any atom is -0.00143 e. The molecule has 0 saturated carbocycles. The van der Waals surface area contributed by atoms with E-state index in [4.69, 9.17) is 0 Å². The monoisotopic (exact) mass is 149 g/mol. The van der Waals surface area contributed by atoms with E-state index in [0.29, 0.717) is 0 Å². The van der Waals surface area contributed by atoms with Gasteiger partial charge >= 0.3 is 0 Å². The van der Waals surface area contributed by atoms with Gasteiger partial charge in [-0.25, -0.2) is 0 Å². The minimum atomic E-state index is 0.815. The second-order valence-electron chi connectivity index (χ2n) is 3.47. The molecule has 2 unspecified atom stereocenters. The van der Waals surface area contributed by atoms with Crippen LogP contribution in [0.1, 0.15) is 12.8 Å². The first-order valence-corrected chi connectivity index (χ1v) is 4.51. The quantitative estimate of drug-likeness (QED) is 0.598. The zero-order chi connectivity index (χ0) is 7.52. The summed E-state index contributed by atoms with van der Waals surface area (Å²) in [6.07, 6.45) is 11.6. The maximum absolute atomic E-state index is 3.41. The van der Waals surface area contributed by atoms with Gasteiger partial charge in [0.05, 0.1) is 0 Å². The summed E-state index contributed by atoms with van der Waals surface area (Å²) >= 11 is 0. The first kappa shape index (κ1) is 7.11. The van der Waals surface area contributed by atoms with Gasteiger partial charge in [0.25, 0.3) is 0 Å². The molecule has 1 heterocycles. The van der Waals surface area contributed by atoms with Crippen LogP contribution in [0.5, 0.6) is 0 Å². The number of nitrogens with one attached hydrogen (secondary N) is 1. The lowest BCUT2D eigenvalue weighted by Gasteiger charge is -2.19. The molecule has 0 spiro atoms. The SMILES string of the molecule is C1=CCC(C2CCNC2)C=C1. The first-order chi connectivity index (χ1) is 5.47. The van der Waals surface area contributed by atoms with Gasteiger partial charge in [0, 0.05) is 0 Å². The third-order valence-corrected chi connectivity index (χ3v) is 2.72. The highest BCUT2D eigenvalue weighted by atomic mass is 14.9. The Morgan fingerprint density at radius 1 is 1.27 bits per heavy atom. The lowest BCUT2D eigenvalue weighted by Crippen LogP contribution is -2.16. The Labute approximate surface area is 68.2 Å². The van der Waals surface area contributed by atoms with Crippen LogP contribution >= 0.6 is 0 Å². The molecule has 2 atom stereocenters. The fourth-order valence-corrected chi connectivity index (χ4v) is 1.99. The molecule has 1 nitrogen and oxygen atoms in total. The van der Waals surface area contributed by atoms with E-state index in [2.05, 4.69) is 29.6 Å². The van der Waals surface area contributed by atoms with Crippen molar-refractivity contribution in [1.29, 1.82) is 0 Å². The molecule has 1 saturated heterocycles. The van der Waals surface area contributed by atoms with Gasteiger partial charge in [-0.2, -0.15) is 0 Å². The van der Waals surface area contributed by atoms with E-state index in [1.165, 1.54) is 25.9 Å². The van der Waals surface area contributed by atoms with Crippen LogP contribution in [0, 0.1) is 11.8 Å². The minimum absolute atomic E-state index is 0.815. The first-order valence-electron chi connectivity index (χ1n) is 4.51.